The molecule has 1 heterocycles. The molecule has 0 aliphatic rings. The van der Waals surface area contributed by atoms with E-state index >= 15 is 0 Å². The summed E-state index contributed by atoms with van der Waals surface area (Å²) in [6, 6.07) is 4.09. The molecule has 1 rings (SSSR count). The van der Waals surface area contributed by atoms with E-state index in [0.717, 1.165) is 31.8 Å². The van der Waals surface area contributed by atoms with Crippen molar-refractivity contribution in [2.75, 3.05) is 19.0 Å². The third kappa shape index (κ3) is 4.86. The summed E-state index contributed by atoms with van der Waals surface area (Å²) in [6.45, 7) is 2.02. The summed E-state index contributed by atoms with van der Waals surface area (Å²) in [5.74, 6) is 0.738. The molecule has 0 saturated heterocycles. The van der Waals surface area contributed by atoms with Gasteiger partial charge in [0.25, 0.3) is 0 Å². The Hall–Kier alpha value is -0.600. The normalized spacial score (nSPS) is 10.2. The lowest BCUT2D eigenvalue weighted by Gasteiger charge is -2.02. The van der Waals surface area contributed by atoms with Gasteiger partial charge in [-0.15, -0.1) is 11.6 Å². The maximum Gasteiger partial charge on any atom is 0.0270 e. The topological polar surface area (TPSA) is 24.9 Å². The van der Waals surface area contributed by atoms with Crippen LogP contribution in [0.5, 0.6) is 0 Å². The SMILES string of the molecule is ClCCCNCCc1ccncc1. The Morgan fingerprint density at radius 1 is 1.23 bits per heavy atom. The molecule has 1 aromatic rings. The van der Waals surface area contributed by atoms with Gasteiger partial charge >= 0.3 is 0 Å². The number of aromatic nitrogens is 1. The summed E-state index contributed by atoms with van der Waals surface area (Å²) < 4.78 is 0. The van der Waals surface area contributed by atoms with Crippen molar-refractivity contribution in [1.29, 1.82) is 0 Å². The van der Waals surface area contributed by atoms with Gasteiger partial charge in [0.2, 0.25) is 0 Å². The molecule has 0 bridgehead atoms. The number of hydrogen-bond donors (Lipinski definition) is 1. The van der Waals surface area contributed by atoms with Crippen LogP contribution in [-0.4, -0.2) is 24.0 Å². The second kappa shape index (κ2) is 6.87. The average Bonchev–Trinajstić information content (AvgIpc) is 2.19. The summed E-state index contributed by atoms with van der Waals surface area (Å²) >= 11 is 5.55. The fourth-order valence-corrected chi connectivity index (χ4v) is 1.23. The van der Waals surface area contributed by atoms with Crippen molar-refractivity contribution in [3.63, 3.8) is 0 Å². The Labute approximate surface area is 84.3 Å². The Balaban J connectivity index is 2.07. The molecular weight excluding hydrogens is 184 g/mol. The number of alkyl halides is 1. The number of nitrogens with zero attached hydrogens (tertiary/aromatic N) is 1. The monoisotopic (exact) mass is 198 g/mol. The molecule has 72 valence electrons. The van der Waals surface area contributed by atoms with Crippen LogP contribution in [0.25, 0.3) is 0 Å². The van der Waals surface area contributed by atoms with E-state index in [-0.39, 0.29) is 0 Å². The minimum absolute atomic E-state index is 0.738. The number of rotatable bonds is 6. The van der Waals surface area contributed by atoms with Gasteiger partial charge in [0.1, 0.15) is 0 Å². The predicted octanol–water partition coefficient (Wildman–Crippen LogP) is 1.84. The van der Waals surface area contributed by atoms with Crippen LogP contribution in [0.4, 0.5) is 0 Å². The van der Waals surface area contributed by atoms with E-state index in [1.165, 1.54) is 5.56 Å². The zero-order valence-corrected chi connectivity index (χ0v) is 8.43. The van der Waals surface area contributed by atoms with Crippen LogP contribution in [0.1, 0.15) is 12.0 Å². The summed E-state index contributed by atoms with van der Waals surface area (Å²) in [7, 11) is 0. The van der Waals surface area contributed by atoms with Crippen LogP contribution in [0.3, 0.4) is 0 Å². The zero-order valence-electron chi connectivity index (χ0n) is 7.67. The maximum atomic E-state index is 5.55. The molecule has 0 amide bonds. The van der Waals surface area contributed by atoms with E-state index in [9.17, 15) is 0 Å². The summed E-state index contributed by atoms with van der Waals surface area (Å²) in [6.07, 6.45) is 5.75. The van der Waals surface area contributed by atoms with Gasteiger partial charge in [0, 0.05) is 18.3 Å². The maximum absolute atomic E-state index is 5.55. The third-order valence-electron chi connectivity index (χ3n) is 1.83. The summed E-state index contributed by atoms with van der Waals surface area (Å²) in [4.78, 5) is 3.97. The quantitative estimate of drug-likeness (QED) is 0.558. The van der Waals surface area contributed by atoms with Crippen LogP contribution in [0.2, 0.25) is 0 Å². The van der Waals surface area contributed by atoms with Gasteiger partial charge in [-0.25, -0.2) is 0 Å². The van der Waals surface area contributed by atoms with Crippen LogP contribution in [0.15, 0.2) is 24.5 Å². The lowest BCUT2D eigenvalue weighted by molar-refractivity contribution is 0.673. The molecule has 0 atom stereocenters. The van der Waals surface area contributed by atoms with Crippen molar-refractivity contribution < 1.29 is 0 Å². The Bertz CT molecular complexity index is 213. The molecule has 1 aromatic heterocycles. The molecule has 0 aromatic carbocycles. The van der Waals surface area contributed by atoms with Gasteiger partial charge in [-0.2, -0.15) is 0 Å². The minimum Gasteiger partial charge on any atom is -0.316 e. The average molecular weight is 199 g/mol. The van der Waals surface area contributed by atoms with E-state index in [4.69, 9.17) is 11.6 Å². The van der Waals surface area contributed by atoms with Gasteiger partial charge in [-0.1, -0.05) is 0 Å². The van der Waals surface area contributed by atoms with E-state index < -0.39 is 0 Å². The largest absolute Gasteiger partial charge is 0.316 e. The molecule has 3 heteroatoms. The van der Waals surface area contributed by atoms with Gasteiger partial charge < -0.3 is 5.32 Å². The lowest BCUT2D eigenvalue weighted by atomic mass is 10.2. The summed E-state index contributed by atoms with van der Waals surface area (Å²) in [5, 5.41) is 3.33. The highest BCUT2D eigenvalue weighted by atomic mass is 35.5. The van der Waals surface area contributed by atoms with Crippen molar-refractivity contribution in [3.8, 4) is 0 Å². The van der Waals surface area contributed by atoms with E-state index in [1.54, 1.807) is 0 Å². The molecule has 0 saturated carbocycles. The summed E-state index contributed by atoms with van der Waals surface area (Å²) in [5.41, 5.74) is 1.33. The molecule has 1 N–H and O–H groups in total. The predicted molar refractivity (Wildman–Crippen MR) is 56.1 cm³/mol. The molecule has 13 heavy (non-hydrogen) atoms. The first-order chi connectivity index (χ1) is 6.43. The Morgan fingerprint density at radius 2 is 2.00 bits per heavy atom. The molecule has 0 radical (unpaired) electrons. The van der Waals surface area contributed by atoms with Crippen molar-refractivity contribution in [3.05, 3.63) is 30.1 Å². The first-order valence-corrected chi connectivity index (χ1v) is 5.12. The highest BCUT2D eigenvalue weighted by molar-refractivity contribution is 6.17. The molecule has 0 spiro atoms. The van der Waals surface area contributed by atoms with Gasteiger partial charge in [-0.05, 0) is 43.6 Å². The van der Waals surface area contributed by atoms with E-state index in [1.807, 2.05) is 24.5 Å². The van der Waals surface area contributed by atoms with Gasteiger partial charge in [0.05, 0.1) is 0 Å². The van der Waals surface area contributed by atoms with Crippen LogP contribution >= 0.6 is 11.6 Å². The van der Waals surface area contributed by atoms with Crippen molar-refractivity contribution in [2.24, 2.45) is 0 Å². The number of pyridine rings is 1. The molecule has 0 unspecified atom stereocenters. The second-order valence-corrected chi connectivity index (χ2v) is 3.28. The van der Waals surface area contributed by atoms with Crippen molar-refractivity contribution >= 4 is 11.6 Å². The fraction of sp³-hybridized carbons (Fsp3) is 0.500. The first-order valence-electron chi connectivity index (χ1n) is 4.59. The molecule has 0 fully saturated rings. The van der Waals surface area contributed by atoms with E-state index in [2.05, 4.69) is 10.3 Å². The second-order valence-electron chi connectivity index (χ2n) is 2.90. The van der Waals surface area contributed by atoms with Crippen molar-refractivity contribution in [2.45, 2.75) is 12.8 Å². The number of hydrogen-bond acceptors (Lipinski definition) is 2. The first kappa shape index (κ1) is 10.5. The Kier molecular flexibility index (Phi) is 5.54. The minimum atomic E-state index is 0.738. The fourth-order valence-electron chi connectivity index (χ4n) is 1.10. The highest BCUT2D eigenvalue weighted by Crippen LogP contribution is 1.95. The molecule has 2 nitrogen and oxygen atoms in total. The smallest absolute Gasteiger partial charge is 0.0270 e. The molecular formula is C10H15ClN2. The van der Waals surface area contributed by atoms with Crippen LogP contribution in [0, 0.1) is 0 Å². The highest BCUT2D eigenvalue weighted by Gasteiger charge is 1.90. The van der Waals surface area contributed by atoms with Gasteiger partial charge in [-0.3, -0.25) is 4.98 Å². The zero-order chi connectivity index (χ0) is 9.36. The standard InChI is InChI=1S/C10H15ClN2/c11-5-1-6-12-7-2-10-3-8-13-9-4-10/h3-4,8-9,12H,1-2,5-7H2. The van der Waals surface area contributed by atoms with Crippen molar-refractivity contribution in [1.82, 2.24) is 10.3 Å². The third-order valence-corrected chi connectivity index (χ3v) is 2.09. The van der Waals surface area contributed by atoms with Crippen LogP contribution < -0.4 is 5.32 Å². The lowest BCUT2D eigenvalue weighted by Crippen LogP contribution is -2.18. The number of halogens is 1. The Morgan fingerprint density at radius 3 is 2.69 bits per heavy atom. The number of nitrogens with one attached hydrogen (secondary N) is 1. The van der Waals surface area contributed by atoms with Crippen LogP contribution in [-0.2, 0) is 6.42 Å². The van der Waals surface area contributed by atoms with E-state index in [0.29, 0.717) is 0 Å². The van der Waals surface area contributed by atoms with Gasteiger partial charge in [0.15, 0.2) is 0 Å². The molecule has 0 aliphatic carbocycles. The molecule has 0 aliphatic heterocycles.